The average molecular weight is 322 g/mol. The fourth-order valence-electron chi connectivity index (χ4n) is 2.48. The van der Waals surface area contributed by atoms with Gasteiger partial charge in [0.15, 0.2) is 5.43 Å². The molecule has 0 amide bonds. The topological polar surface area (TPSA) is 59.3 Å². The summed E-state index contributed by atoms with van der Waals surface area (Å²) in [5.41, 5.74) is 0.939. The number of aromatic nitrogens is 1. The molecule has 0 unspecified atom stereocenters. The van der Waals surface area contributed by atoms with Crippen LogP contribution in [0, 0.1) is 6.92 Å². The third-order valence-electron chi connectivity index (χ3n) is 3.52. The lowest BCUT2D eigenvalue weighted by molar-refractivity contribution is 0.0683. The molecule has 1 aliphatic carbocycles. The van der Waals surface area contributed by atoms with E-state index in [-0.39, 0.29) is 17.2 Å². The van der Waals surface area contributed by atoms with Gasteiger partial charge >= 0.3 is 5.97 Å². The lowest BCUT2D eigenvalue weighted by Gasteiger charge is -2.16. The van der Waals surface area contributed by atoms with Gasteiger partial charge in [-0.3, -0.25) is 4.79 Å². The SMILES string of the molecule is Cc1c(C(=O)O)n(C2CC2)c2cc(Br)ccc2c1=O. The van der Waals surface area contributed by atoms with Gasteiger partial charge in [-0.1, -0.05) is 15.9 Å². The first-order valence-corrected chi connectivity index (χ1v) is 6.87. The average Bonchev–Trinajstić information content (AvgIpc) is 3.16. The van der Waals surface area contributed by atoms with Crippen molar-refractivity contribution in [3.63, 3.8) is 0 Å². The summed E-state index contributed by atoms with van der Waals surface area (Å²) >= 11 is 3.38. The number of halogens is 1. The maximum absolute atomic E-state index is 12.3. The second-order valence-electron chi connectivity index (χ2n) is 4.87. The van der Waals surface area contributed by atoms with Crippen LogP contribution >= 0.6 is 15.9 Å². The molecule has 1 aromatic carbocycles. The number of hydrogen-bond acceptors (Lipinski definition) is 2. The second-order valence-corrected chi connectivity index (χ2v) is 5.79. The molecule has 1 aliphatic rings. The van der Waals surface area contributed by atoms with Crippen molar-refractivity contribution in [3.05, 3.63) is 44.2 Å². The van der Waals surface area contributed by atoms with Gasteiger partial charge < -0.3 is 9.67 Å². The van der Waals surface area contributed by atoms with Crippen molar-refractivity contribution in [2.75, 3.05) is 0 Å². The van der Waals surface area contributed by atoms with Gasteiger partial charge in [0, 0.05) is 21.5 Å². The van der Waals surface area contributed by atoms with Crippen LogP contribution in [0.2, 0.25) is 0 Å². The molecule has 0 spiro atoms. The summed E-state index contributed by atoms with van der Waals surface area (Å²) < 4.78 is 2.65. The Labute approximate surface area is 117 Å². The molecule has 0 radical (unpaired) electrons. The van der Waals surface area contributed by atoms with E-state index in [1.807, 2.05) is 6.07 Å². The molecular weight excluding hydrogens is 310 g/mol. The zero-order valence-corrected chi connectivity index (χ0v) is 11.9. The molecule has 0 aliphatic heterocycles. The zero-order chi connectivity index (χ0) is 13.7. The molecule has 0 atom stereocenters. The van der Waals surface area contributed by atoms with Gasteiger partial charge in [0.1, 0.15) is 5.69 Å². The van der Waals surface area contributed by atoms with E-state index in [2.05, 4.69) is 15.9 Å². The highest BCUT2D eigenvalue weighted by atomic mass is 79.9. The van der Waals surface area contributed by atoms with Crippen LogP contribution in [-0.4, -0.2) is 15.6 Å². The number of carboxylic acid groups (broad SMARTS) is 1. The van der Waals surface area contributed by atoms with E-state index in [1.165, 1.54) is 0 Å². The molecule has 2 aromatic rings. The molecule has 1 saturated carbocycles. The van der Waals surface area contributed by atoms with E-state index < -0.39 is 5.97 Å². The molecule has 1 heterocycles. The Morgan fingerprint density at radius 1 is 1.42 bits per heavy atom. The van der Waals surface area contributed by atoms with Gasteiger partial charge in [0.05, 0.1) is 5.52 Å². The number of aromatic carboxylic acids is 1. The smallest absolute Gasteiger partial charge is 0.352 e. The Hall–Kier alpha value is -1.62. The lowest BCUT2D eigenvalue weighted by Crippen LogP contribution is -2.21. The highest BCUT2D eigenvalue weighted by Crippen LogP contribution is 2.39. The van der Waals surface area contributed by atoms with Crippen molar-refractivity contribution in [2.45, 2.75) is 25.8 Å². The minimum absolute atomic E-state index is 0.123. The highest BCUT2D eigenvalue weighted by Gasteiger charge is 2.30. The molecule has 98 valence electrons. The Balaban J connectivity index is 2.53. The first kappa shape index (κ1) is 12.4. The Bertz CT molecular complexity index is 759. The second kappa shape index (κ2) is 4.20. The number of rotatable bonds is 2. The lowest BCUT2D eigenvalue weighted by atomic mass is 10.1. The van der Waals surface area contributed by atoms with Crippen LogP contribution < -0.4 is 5.43 Å². The third-order valence-corrected chi connectivity index (χ3v) is 4.01. The van der Waals surface area contributed by atoms with Crippen molar-refractivity contribution in [2.24, 2.45) is 0 Å². The van der Waals surface area contributed by atoms with Crippen molar-refractivity contribution in [1.82, 2.24) is 4.57 Å². The van der Waals surface area contributed by atoms with Gasteiger partial charge in [-0.25, -0.2) is 4.79 Å². The molecule has 19 heavy (non-hydrogen) atoms. The van der Waals surface area contributed by atoms with Gasteiger partial charge in [-0.15, -0.1) is 0 Å². The molecule has 0 bridgehead atoms. The Morgan fingerprint density at radius 3 is 2.68 bits per heavy atom. The predicted octanol–water partition coefficient (Wildman–Crippen LogP) is 3.11. The standard InChI is InChI=1S/C14H12BrNO3/c1-7-12(14(18)19)16(9-3-4-9)11-6-8(15)2-5-10(11)13(7)17/h2,5-6,9H,3-4H2,1H3,(H,18,19). The predicted molar refractivity (Wildman–Crippen MR) is 75.9 cm³/mol. The molecule has 5 heteroatoms. The van der Waals surface area contributed by atoms with E-state index in [0.717, 1.165) is 17.3 Å². The quantitative estimate of drug-likeness (QED) is 0.924. The van der Waals surface area contributed by atoms with E-state index >= 15 is 0 Å². The number of carbonyl (C=O) groups is 1. The molecule has 1 aromatic heterocycles. The molecule has 1 fully saturated rings. The third kappa shape index (κ3) is 1.89. The van der Waals surface area contributed by atoms with E-state index in [9.17, 15) is 14.7 Å². The monoisotopic (exact) mass is 321 g/mol. The van der Waals surface area contributed by atoms with E-state index in [0.29, 0.717) is 16.5 Å². The van der Waals surface area contributed by atoms with Crippen LogP contribution in [0.3, 0.4) is 0 Å². The molecule has 0 saturated heterocycles. The normalized spacial score (nSPS) is 14.8. The van der Waals surface area contributed by atoms with Crippen LogP contribution in [-0.2, 0) is 0 Å². The summed E-state index contributed by atoms with van der Waals surface area (Å²) in [6.45, 7) is 1.59. The van der Waals surface area contributed by atoms with Crippen LogP contribution in [0.15, 0.2) is 27.5 Å². The minimum Gasteiger partial charge on any atom is -0.477 e. The fraction of sp³-hybridized carbons (Fsp3) is 0.286. The van der Waals surface area contributed by atoms with E-state index in [4.69, 9.17) is 0 Å². The first-order chi connectivity index (χ1) is 9.00. The Kier molecular flexibility index (Phi) is 2.74. The van der Waals surface area contributed by atoms with Crippen LogP contribution in [0.5, 0.6) is 0 Å². The summed E-state index contributed by atoms with van der Waals surface area (Å²) in [6.07, 6.45) is 1.93. The number of carboxylic acids is 1. The number of fused-ring (bicyclic) bond motifs is 1. The number of hydrogen-bond donors (Lipinski definition) is 1. The molecule has 4 nitrogen and oxygen atoms in total. The van der Waals surface area contributed by atoms with Crippen LogP contribution in [0.4, 0.5) is 0 Å². The maximum Gasteiger partial charge on any atom is 0.352 e. The van der Waals surface area contributed by atoms with Crippen molar-refractivity contribution < 1.29 is 9.90 Å². The maximum atomic E-state index is 12.3. The zero-order valence-electron chi connectivity index (χ0n) is 10.3. The minimum atomic E-state index is -1.04. The number of benzene rings is 1. The van der Waals surface area contributed by atoms with Crippen molar-refractivity contribution >= 4 is 32.8 Å². The summed E-state index contributed by atoms with van der Waals surface area (Å²) in [7, 11) is 0. The van der Waals surface area contributed by atoms with Crippen molar-refractivity contribution in [1.29, 1.82) is 0 Å². The highest BCUT2D eigenvalue weighted by molar-refractivity contribution is 9.10. The van der Waals surface area contributed by atoms with E-state index in [1.54, 1.807) is 23.6 Å². The number of pyridine rings is 1. The van der Waals surface area contributed by atoms with Crippen molar-refractivity contribution in [3.8, 4) is 0 Å². The summed E-state index contributed by atoms with van der Waals surface area (Å²) in [5.74, 6) is -1.04. The van der Waals surface area contributed by atoms with Gasteiger partial charge in [0.2, 0.25) is 0 Å². The summed E-state index contributed by atoms with van der Waals surface area (Å²) in [6, 6.07) is 5.57. The van der Waals surface area contributed by atoms with Gasteiger partial charge in [-0.05, 0) is 38.0 Å². The fourth-order valence-corrected chi connectivity index (χ4v) is 2.83. The largest absolute Gasteiger partial charge is 0.477 e. The summed E-state index contributed by atoms with van der Waals surface area (Å²) in [4.78, 5) is 23.8. The van der Waals surface area contributed by atoms with Gasteiger partial charge in [0.25, 0.3) is 0 Å². The van der Waals surface area contributed by atoms with Crippen LogP contribution in [0.25, 0.3) is 10.9 Å². The van der Waals surface area contributed by atoms with Gasteiger partial charge in [-0.2, -0.15) is 0 Å². The molecular formula is C14H12BrNO3. The molecule has 1 N–H and O–H groups in total. The van der Waals surface area contributed by atoms with Crippen LogP contribution in [0.1, 0.15) is 34.9 Å². The number of nitrogens with zero attached hydrogens (tertiary/aromatic N) is 1. The first-order valence-electron chi connectivity index (χ1n) is 6.08. The molecule has 3 rings (SSSR count). The summed E-state index contributed by atoms with van der Waals surface area (Å²) in [5, 5.41) is 9.99. The Morgan fingerprint density at radius 2 is 2.11 bits per heavy atom.